The van der Waals surface area contributed by atoms with Gasteiger partial charge in [0.05, 0.1) is 0 Å². The van der Waals surface area contributed by atoms with Crippen LogP contribution in [-0.4, -0.2) is 22.4 Å². The second kappa shape index (κ2) is 6.70. The summed E-state index contributed by atoms with van der Waals surface area (Å²) in [6, 6.07) is 7.20. The summed E-state index contributed by atoms with van der Waals surface area (Å²) in [6.07, 6.45) is 3.61. The Bertz CT molecular complexity index is 539. The molecular weight excluding hydrogens is 259 g/mol. The Morgan fingerprint density at radius 2 is 2.15 bits per heavy atom. The topological polar surface area (TPSA) is 59.0 Å². The first kappa shape index (κ1) is 14.0. The van der Waals surface area contributed by atoms with Crippen LogP contribution in [0.15, 0.2) is 42.7 Å². The molecule has 20 heavy (non-hydrogen) atoms. The van der Waals surface area contributed by atoms with Gasteiger partial charge in [-0.25, -0.2) is 9.18 Å². The molecule has 1 aromatic carbocycles. The molecule has 1 aromatic heterocycles. The van der Waals surface area contributed by atoms with E-state index in [1.807, 2.05) is 23.9 Å². The predicted molar refractivity (Wildman–Crippen MR) is 74.8 cm³/mol. The van der Waals surface area contributed by atoms with Crippen molar-refractivity contribution in [1.82, 2.24) is 15.1 Å². The molecule has 5 nitrogen and oxygen atoms in total. The summed E-state index contributed by atoms with van der Waals surface area (Å²) in [6.45, 7) is 3.30. The molecule has 2 rings (SSSR count). The second-order valence-electron chi connectivity index (χ2n) is 4.68. The molecule has 6 heteroatoms. The fourth-order valence-corrected chi connectivity index (χ4v) is 1.77. The first-order valence-electron chi connectivity index (χ1n) is 6.41. The highest BCUT2D eigenvalue weighted by Crippen LogP contribution is 2.07. The third-order valence-electron chi connectivity index (χ3n) is 2.77. The summed E-state index contributed by atoms with van der Waals surface area (Å²) in [5.74, 6) is -0.0716. The summed E-state index contributed by atoms with van der Waals surface area (Å²) in [4.78, 5) is 11.7. The third kappa shape index (κ3) is 4.38. The van der Waals surface area contributed by atoms with E-state index in [0.29, 0.717) is 12.2 Å². The lowest BCUT2D eigenvalue weighted by Crippen LogP contribution is -2.33. The quantitative estimate of drug-likeness (QED) is 0.881. The van der Waals surface area contributed by atoms with Crippen LogP contribution in [0.4, 0.5) is 14.9 Å². The average Bonchev–Trinajstić information content (AvgIpc) is 2.92. The van der Waals surface area contributed by atoms with Gasteiger partial charge in [0.25, 0.3) is 0 Å². The van der Waals surface area contributed by atoms with Gasteiger partial charge in [0, 0.05) is 31.2 Å². The minimum absolute atomic E-state index is 0.258. The molecule has 0 saturated heterocycles. The zero-order valence-electron chi connectivity index (χ0n) is 11.2. The minimum Gasteiger partial charge on any atom is -0.338 e. The smallest absolute Gasteiger partial charge is 0.319 e. The molecule has 106 valence electrons. The van der Waals surface area contributed by atoms with Crippen LogP contribution in [0.25, 0.3) is 0 Å². The molecule has 0 fully saturated rings. The number of carbonyl (C=O) groups excluding carboxylic acids is 1. The molecule has 0 saturated carbocycles. The Hall–Kier alpha value is -2.37. The highest BCUT2D eigenvalue weighted by Gasteiger charge is 2.06. The van der Waals surface area contributed by atoms with Crippen molar-refractivity contribution in [2.45, 2.75) is 13.5 Å². The molecule has 0 radical (unpaired) electrons. The average molecular weight is 276 g/mol. The van der Waals surface area contributed by atoms with E-state index in [2.05, 4.69) is 15.7 Å². The Kier molecular flexibility index (Phi) is 4.70. The van der Waals surface area contributed by atoms with Crippen molar-refractivity contribution in [1.29, 1.82) is 0 Å². The van der Waals surface area contributed by atoms with Crippen LogP contribution in [0, 0.1) is 11.7 Å². The van der Waals surface area contributed by atoms with Gasteiger partial charge >= 0.3 is 6.03 Å². The molecule has 2 N–H and O–H groups in total. The Balaban J connectivity index is 1.73. The molecule has 0 bridgehead atoms. The Morgan fingerprint density at radius 3 is 2.80 bits per heavy atom. The second-order valence-corrected chi connectivity index (χ2v) is 4.68. The molecule has 0 spiro atoms. The fraction of sp³-hybridized carbons (Fsp3) is 0.286. The van der Waals surface area contributed by atoms with Crippen LogP contribution in [0.1, 0.15) is 6.92 Å². The maximum atomic E-state index is 12.7. The van der Waals surface area contributed by atoms with E-state index in [4.69, 9.17) is 0 Å². The van der Waals surface area contributed by atoms with E-state index in [9.17, 15) is 9.18 Å². The number of carbonyl (C=O) groups is 1. The normalized spacial score (nSPS) is 11.9. The number of hydrogen-bond donors (Lipinski definition) is 2. The number of nitrogens with zero attached hydrogens (tertiary/aromatic N) is 2. The van der Waals surface area contributed by atoms with Gasteiger partial charge < -0.3 is 10.6 Å². The van der Waals surface area contributed by atoms with Crippen molar-refractivity contribution in [2.24, 2.45) is 5.92 Å². The molecule has 0 aliphatic rings. The molecule has 2 amide bonds. The van der Waals surface area contributed by atoms with E-state index < -0.39 is 0 Å². The molecular formula is C14H17FN4O. The van der Waals surface area contributed by atoms with Crippen molar-refractivity contribution >= 4 is 11.7 Å². The minimum atomic E-state index is -0.330. The summed E-state index contributed by atoms with van der Waals surface area (Å²) in [5, 5.41) is 9.53. The number of benzene rings is 1. The number of hydrogen-bond acceptors (Lipinski definition) is 2. The lowest BCUT2D eigenvalue weighted by molar-refractivity contribution is 0.249. The van der Waals surface area contributed by atoms with Gasteiger partial charge in [-0.2, -0.15) is 5.10 Å². The molecule has 1 heterocycles. The standard InChI is InChI=1S/C14H17FN4O/c1-11(10-19-8-2-7-17-19)9-16-14(20)18-13-5-3-12(15)4-6-13/h2-8,11H,9-10H2,1H3,(H2,16,18,20). The summed E-state index contributed by atoms with van der Waals surface area (Å²) in [5.41, 5.74) is 0.559. The van der Waals surface area contributed by atoms with Gasteiger partial charge in [0.15, 0.2) is 0 Å². The molecule has 1 atom stereocenters. The largest absolute Gasteiger partial charge is 0.338 e. The first-order chi connectivity index (χ1) is 9.63. The zero-order valence-corrected chi connectivity index (χ0v) is 11.2. The molecule has 1 unspecified atom stereocenters. The van der Waals surface area contributed by atoms with E-state index >= 15 is 0 Å². The zero-order chi connectivity index (χ0) is 14.4. The number of rotatable bonds is 5. The maximum Gasteiger partial charge on any atom is 0.319 e. The van der Waals surface area contributed by atoms with Gasteiger partial charge in [-0.15, -0.1) is 0 Å². The van der Waals surface area contributed by atoms with E-state index in [0.717, 1.165) is 6.54 Å². The van der Waals surface area contributed by atoms with E-state index in [1.165, 1.54) is 24.3 Å². The number of halogens is 1. The molecule has 2 aromatic rings. The van der Waals surface area contributed by atoms with E-state index in [1.54, 1.807) is 6.20 Å². The van der Waals surface area contributed by atoms with Gasteiger partial charge in [-0.3, -0.25) is 4.68 Å². The number of aromatic nitrogens is 2. The Morgan fingerprint density at radius 1 is 1.40 bits per heavy atom. The first-order valence-corrected chi connectivity index (χ1v) is 6.41. The number of amides is 2. The maximum absolute atomic E-state index is 12.7. The van der Waals surface area contributed by atoms with E-state index in [-0.39, 0.29) is 17.8 Å². The third-order valence-corrected chi connectivity index (χ3v) is 2.77. The highest BCUT2D eigenvalue weighted by molar-refractivity contribution is 5.89. The SMILES string of the molecule is CC(CNC(=O)Nc1ccc(F)cc1)Cn1cccn1. The van der Waals surface area contributed by atoms with Crippen LogP contribution in [0.5, 0.6) is 0 Å². The predicted octanol–water partition coefficient (Wildman–Crippen LogP) is 2.48. The Labute approximate surface area is 116 Å². The van der Waals surface area contributed by atoms with Crippen LogP contribution < -0.4 is 10.6 Å². The van der Waals surface area contributed by atoms with Gasteiger partial charge in [-0.1, -0.05) is 6.92 Å². The number of urea groups is 1. The highest BCUT2D eigenvalue weighted by atomic mass is 19.1. The van der Waals surface area contributed by atoms with Crippen molar-refractivity contribution in [3.8, 4) is 0 Å². The lowest BCUT2D eigenvalue weighted by atomic mass is 10.2. The summed E-state index contributed by atoms with van der Waals surface area (Å²) in [7, 11) is 0. The fourth-order valence-electron chi connectivity index (χ4n) is 1.77. The van der Waals surface area contributed by atoms with Crippen molar-refractivity contribution in [3.05, 3.63) is 48.5 Å². The van der Waals surface area contributed by atoms with Gasteiger partial charge in [0.2, 0.25) is 0 Å². The van der Waals surface area contributed by atoms with Gasteiger partial charge in [-0.05, 0) is 36.2 Å². The molecule has 0 aliphatic heterocycles. The summed E-state index contributed by atoms with van der Waals surface area (Å²) >= 11 is 0. The number of nitrogens with one attached hydrogen (secondary N) is 2. The van der Waals surface area contributed by atoms with Crippen molar-refractivity contribution in [2.75, 3.05) is 11.9 Å². The number of anilines is 1. The van der Waals surface area contributed by atoms with Crippen LogP contribution >= 0.6 is 0 Å². The summed E-state index contributed by atoms with van der Waals surface area (Å²) < 4.78 is 14.5. The molecule has 0 aliphatic carbocycles. The van der Waals surface area contributed by atoms with Crippen LogP contribution in [0.3, 0.4) is 0 Å². The van der Waals surface area contributed by atoms with Crippen molar-refractivity contribution in [3.63, 3.8) is 0 Å². The lowest BCUT2D eigenvalue weighted by Gasteiger charge is -2.13. The van der Waals surface area contributed by atoms with Gasteiger partial charge in [0.1, 0.15) is 5.82 Å². The van der Waals surface area contributed by atoms with Crippen LogP contribution in [0.2, 0.25) is 0 Å². The van der Waals surface area contributed by atoms with Crippen LogP contribution in [-0.2, 0) is 6.54 Å². The monoisotopic (exact) mass is 276 g/mol. The van der Waals surface area contributed by atoms with Crippen molar-refractivity contribution < 1.29 is 9.18 Å².